The Morgan fingerprint density at radius 3 is 2.95 bits per heavy atom. The van der Waals surface area contributed by atoms with E-state index in [-0.39, 0.29) is 11.8 Å². The number of nitrogens with one attached hydrogen (secondary N) is 2. The molecule has 0 bridgehead atoms. The molecule has 3 rings (SSSR count). The maximum absolute atomic E-state index is 12.5. The van der Waals surface area contributed by atoms with Crippen LogP contribution in [0.15, 0.2) is 48.5 Å². The third kappa shape index (κ3) is 2.72. The zero-order valence-electron chi connectivity index (χ0n) is 11.5. The molecule has 104 valence electrons. The number of amides is 1. The second-order valence-corrected chi connectivity index (χ2v) is 5.04. The van der Waals surface area contributed by atoms with Gasteiger partial charge in [-0.1, -0.05) is 24.3 Å². The number of anilines is 2. The molecule has 2 aromatic rings. The largest absolute Gasteiger partial charge is 0.385 e. The molecule has 0 saturated heterocycles. The minimum atomic E-state index is -0.159. The van der Waals surface area contributed by atoms with Crippen LogP contribution < -0.4 is 10.6 Å². The van der Waals surface area contributed by atoms with E-state index in [1.54, 1.807) is 24.3 Å². The van der Waals surface area contributed by atoms with E-state index < -0.39 is 0 Å². The van der Waals surface area contributed by atoms with E-state index in [1.165, 1.54) is 0 Å². The number of para-hydroxylation sites is 1. The molecule has 1 unspecified atom stereocenters. The van der Waals surface area contributed by atoms with Crippen molar-refractivity contribution in [1.29, 1.82) is 5.26 Å². The van der Waals surface area contributed by atoms with Crippen LogP contribution in [-0.4, -0.2) is 12.5 Å². The highest BCUT2D eigenvalue weighted by Gasteiger charge is 2.26. The van der Waals surface area contributed by atoms with Gasteiger partial charge in [-0.25, -0.2) is 0 Å². The molecule has 2 aromatic carbocycles. The quantitative estimate of drug-likeness (QED) is 0.886. The predicted octanol–water partition coefficient (Wildman–Crippen LogP) is 3.10. The van der Waals surface area contributed by atoms with E-state index in [0.717, 1.165) is 24.2 Å². The zero-order valence-corrected chi connectivity index (χ0v) is 11.5. The first kappa shape index (κ1) is 13.2. The summed E-state index contributed by atoms with van der Waals surface area (Å²) in [6.45, 7) is 0.785. The number of benzene rings is 2. The zero-order chi connectivity index (χ0) is 14.7. The van der Waals surface area contributed by atoms with Crippen molar-refractivity contribution in [3.05, 3.63) is 59.7 Å². The van der Waals surface area contributed by atoms with Gasteiger partial charge in [0.1, 0.15) is 0 Å². The van der Waals surface area contributed by atoms with Crippen molar-refractivity contribution in [3.63, 3.8) is 0 Å². The Morgan fingerprint density at radius 1 is 1.24 bits per heavy atom. The highest BCUT2D eigenvalue weighted by molar-refractivity contribution is 5.97. The smallest absolute Gasteiger partial charge is 0.232 e. The standard InChI is InChI=1S/C17H15N3O/c18-11-12-4-3-5-13(10-12)20-17(21)15-8-9-19-16-7-2-1-6-14(15)16/h1-7,10,15,19H,8-9H2,(H,20,21). The van der Waals surface area contributed by atoms with Gasteiger partial charge in [-0.05, 0) is 36.2 Å². The number of hydrogen-bond acceptors (Lipinski definition) is 3. The van der Waals surface area contributed by atoms with Gasteiger partial charge in [-0.2, -0.15) is 5.26 Å². The van der Waals surface area contributed by atoms with Gasteiger partial charge < -0.3 is 10.6 Å². The van der Waals surface area contributed by atoms with Crippen LogP contribution in [0.5, 0.6) is 0 Å². The normalized spacial score (nSPS) is 16.2. The van der Waals surface area contributed by atoms with E-state index in [4.69, 9.17) is 5.26 Å². The molecule has 1 atom stereocenters. The van der Waals surface area contributed by atoms with Crippen LogP contribution in [0.4, 0.5) is 11.4 Å². The molecule has 21 heavy (non-hydrogen) atoms. The number of fused-ring (bicyclic) bond motifs is 1. The Bertz CT molecular complexity index is 718. The molecule has 1 aliphatic heterocycles. The fraction of sp³-hybridized carbons (Fsp3) is 0.176. The maximum Gasteiger partial charge on any atom is 0.232 e. The van der Waals surface area contributed by atoms with Crippen LogP contribution in [-0.2, 0) is 4.79 Å². The molecular weight excluding hydrogens is 262 g/mol. The van der Waals surface area contributed by atoms with Crippen molar-refractivity contribution < 1.29 is 4.79 Å². The Kier molecular flexibility index (Phi) is 3.57. The maximum atomic E-state index is 12.5. The number of carbonyl (C=O) groups excluding carboxylic acids is 1. The summed E-state index contributed by atoms with van der Waals surface area (Å²) in [4.78, 5) is 12.5. The van der Waals surface area contributed by atoms with Gasteiger partial charge in [0.05, 0.1) is 17.6 Å². The molecule has 4 heteroatoms. The minimum absolute atomic E-state index is 0.0287. The number of nitriles is 1. The molecule has 0 aliphatic carbocycles. The van der Waals surface area contributed by atoms with Crippen molar-refractivity contribution in [3.8, 4) is 6.07 Å². The van der Waals surface area contributed by atoms with Gasteiger partial charge in [-0.3, -0.25) is 4.79 Å². The van der Waals surface area contributed by atoms with Crippen molar-refractivity contribution >= 4 is 17.3 Å². The first-order valence-electron chi connectivity index (χ1n) is 6.92. The molecule has 1 heterocycles. The summed E-state index contributed by atoms with van der Waals surface area (Å²) in [6.07, 6.45) is 0.765. The fourth-order valence-electron chi connectivity index (χ4n) is 2.64. The van der Waals surface area contributed by atoms with Gasteiger partial charge in [-0.15, -0.1) is 0 Å². The highest BCUT2D eigenvalue weighted by atomic mass is 16.1. The Morgan fingerprint density at radius 2 is 2.10 bits per heavy atom. The molecule has 2 N–H and O–H groups in total. The van der Waals surface area contributed by atoms with Gasteiger partial charge in [0.2, 0.25) is 5.91 Å². The second kappa shape index (κ2) is 5.68. The molecule has 0 aromatic heterocycles. The monoisotopic (exact) mass is 277 g/mol. The lowest BCUT2D eigenvalue weighted by Crippen LogP contribution is -2.27. The van der Waals surface area contributed by atoms with Crippen LogP contribution in [0.3, 0.4) is 0 Å². The number of rotatable bonds is 2. The summed E-state index contributed by atoms with van der Waals surface area (Å²) in [7, 11) is 0. The van der Waals surface area contributed by atoms with Gasteiger partial charge >= 0.3 is 0 Å². The van der Waals surface area contributed by atoms with Crippen molar-refractivity contribution in [2.24, 2.45) is 0 Å². The lowest BCUT2D eigenvalue weighted by atomic mass is 9.90. The van der Waals surface area contributed by atoms with Crippen LogP contribution >= 0.6 is 0 Å². The molecular formula is C17H15N3O. The number of carbonyl (C=O) groups is 1. The minimum Gasteiger partial charge on any atom is -0.385 e. The fourth-order valence-corrected chi connectivity index (χ4v) is 2.64. The van der Waals surface area contributed by atoms with Crippen molar-refractivity contribution in [2.75, 3.05) is 17.2 Å². The molecule has 0 fully saturated rings. The van der Waals surface area contributed by atoms with Crippen LogP contribution in [0.2, 0.25) is 0 Å². The van der Waals surface area contributed by atoms with Gasteiger partial charge in [0.15, 0.2) is 0 Å². The average molecular weight is 277 g/mol. The number of hydrogen-bond donors (Lipinski definition) is 2. The molecule has 0 radical (unpaired) electrons. The molecule has 4 nitrogen and oxygen atoms in total. The van der Waals surface area contributed by atoms with Gasteiger partial charge in [0.25, 0.3) is 0 Å². The summed E-state index contributed by atoms with van der Waals surface area (Å²) < 4.78 is 0. The third-order valence-electron chi connectivity index (χ3n) is 3.66. The average Bonchev–Trinajstić information content (AvgIpc) is 2.54. The topological polar surface area (TPSA) is 64.9 Å². The van der Waals surface area contributed by atoms with E-state index in [9.17, 15) is 4.79 Å². The summed E-state index contributed by atoms with van der Waals surface area (Å²) in [5.74, 6) is -0.188. The first-order chi connectivity index (χ1) is 10.3. The Hall–Kier alpha value is -2.80. The van der Waals surface area contributed by atoms with Crippen molar-refractivity contribution in [2.45, 2.75) is 12.3 Å². The highest BCUT2D eigenvalue weighted by Crippen LogP contribution is 2.32. The van der Waals surface area contributed by atoms with Crippen LogP contribution in [0.25, 0.3) is 0 Å². The summed E-state index contributed by atoms with van der Waals surface area (Å²) >= 11 is 0. The van der Waals surface area contributed by atoms with Gasteiger partial charge in [0, 0.05) is 17.9 Å². The molecule has 0 spiro atoms. The lowest BCUT2D eigenvalue weighted by Gasteiger charge is -2.25. The van der Waals surface area contributed by atoms with E-state index in [2.05, 4.69) is 16.7 Å². The summed E-state index contributed by atoms with van der Waals surface area (Å²) in [6, 6.07) is 16.9. The number of nitrogens with zero attached hydrogens (tertiary/aromatic N) is 1. The van der Waals surface area contributed by atoms with E-state index >= 15 is 0 Å². The predicted molar refractivity (Wildman–Crippen MR) is 82.1 cm³/mol. The summed E-state index contributed by atoms with van der Waals surface area (Å²) in [5.41, 5.74) is 3.25. The lowest BCUT2D eigenvalue weighted by molar-refractivity contribution is -0.117. The SMILES string of the molecule is N#Cc1cccc(NC(=O)C2CCNc3ccccc32)c1. The molecule has 1 aliphatic rings. The third-order valence-corrected chi connectivity index (χ3v) is 3.66. The van der Waals surface area contributed by atoms with Crippen LogP contribution in [0.1, 0.15) is 23.5 Å². The van der Waals surface area contributed by atoms with Crippen molar-refractivity contribution in [1.82, 2.24) is 0 Å². The Balaban J connectivity index is 1.82. The van der Waals surface area contributed by atoms with E-state index in [0.29, 0.717) is 11.3 Å². The van der Waals surface area contributed by atoms with E-state index in [1.807, 2.05) is 24.3 Å². The molecule has 1 amide bonds. The van der Waals surface area contributed by atoms with Crippen LogP contribution in [0, 0.1) is 11.3 Å². The second-order valence-electron chi connectivity index (χ2n) is 5.04. The first-order valence-corrected chi connectivity index (χ1v) is 6.92. The molecule has 0 saturated carbocycles. The Labute approximate surface area is 123 Å². The summed E-state index contributed by atoms with van der Waals surface area (Å²) in [5, 5.41) is 15.1.